The van der Waals surface area contributed by atoms with Gasteiger partial charge in [-0.2, -0.15) is 10.4 Å². The number of aromatic nitrogens is 3. The van der Waals surface area contributed by atoms with Gasteiger partial charge >= 0.3 is 12.1 Å². The lowest BCUT2D eigenvalue weighted by atomic mass is 9.91. The summed E-state index contributed by atoms with van der Waals surface area (Å²) >= 11 is 0. The highest BCUT2D eigenvalue weighted by atomic mass is 19.1. The van der Waals surface area contributed by atoms with Crippen LogP contribution in [0.3, 0.4) is 0 Å². The Morgan fingerprint density at radius 1 is 1.08 bits per heavy atom. The second-order valence-electron chi connectivity index (χ2n) is 14.6. The first-order valence-corrected chi connectivity index (χ1v) is 16.4. The number of fused-ring (bicyclic) bond motifs is 2. The number of hydrogen-bond acceptors (Lipinski definition) is 11. The Hall–Kier alpha value is -4.65. The molecule has 14 nitrogen and oxygen atoms in total. The molecule has 2 N–H and O–H groups in total. The number of alkyl carbamates (subject to hydrolysis) is 1. The fourth-order valence-electron chi connectivity index (χ4n) is 6.08. The summed E-state index contributed by atoms with van der Waals surface area (Å²) in [5.41, 5.74) is -3.04. The van der Waals surface area contributed by atoms with Crippen molar-refractivity contribution in [1.29, 1.82) is 5.26 Å². The number of nitrogens with zero attached hydrogens (tertiary/aromatic N) is 4. The molecule has 2 amide bonds. The van der Waals surface area contributed by atoms with Gasteiger partial charge in [0.05, 0.1) is 5.69 Å². The van der Waals surface area contributed by atoms with Crippen LogP contribution in [0.25, 0.3) is 5.52 Å². The van der Waals surface area contributed by atoms with E-state index in [0.29, 0.717) is 11.1 Å². The standard InChI is InChI=1S/C35H43FN6O8/c1-20(2)15-26(43)46-17-24-27-28(49-33(6,7)48-27)35(18-37,47-24)25-14-13-23-29(38-19-39-42(23)25)40-30(44)34(8,41-31(45)50-32(3,4)5)16-21-9-11-22(36)12-10-21/h9-14,19-20,24,27-28H,15-17H2,1-8H3,(H,41,45)(H,38,39,40,44)/t24-,27-,28-,34-,35+/m1/s1. The van der Waals surface area contributed by atoms with Crippen LogP contribution in [-0.4, -0.2) is 74.4 Å². The molecule has 2 aliphatic heterocycles. The van der Waals surface area contributed by atoms with E-state index in [1.54, 1.807) is 46.8 Å². The highest BCUT2D eigenvalue weighted by molar-refractivity contribution is 6.01. The summed E-state index contributed by atoms with van der Waals surface area (Å²) in [7, 11) is 0. The molecule has 2 fully saturated rings. The van der Waals surface area contributed by atoms with Crippen LogP contribution in [-0.2, 0) is 45.3 Å². The molecule has 0 spiro atoms. The van der Waals surface area contributed by atoms with Gasteiger partial charge in [-0.15, -0.1) is 0 Å². The van der Waals surface area contributed by atoms with Gasteiger partial charge in [-0.3, -0.25) is 9.59 Å². The number of nitrogens with one attached hydrogen (secondary N) is 2. The van der Waals surface area contributed by atoms with Crippen LogP contribution in [0.4, 0.5) is 15.0 Å². The zero-order valence-electron chi connectivity index (χ0n) is 29.4. The molecule has 0 bridgehead atoms. The molecule has 2 aliphatic rings. The second kappa shape index (κ2) is 13.6. The molecular weight excluding hydrogens is 651 g/mol. The normalized spacial score (nSPS) is 23.9. The Bertz CT molecular complexity index is 1800. The lowest BCUT2D eigenvalue weighted by Gasteiger charge is -2.31. The Morgan fingerprint density at radius 2 is 1.78 bits per heavy atom. The van der Waals surface area contributed by atoms with Gasteiger partial charge in [-0.05, 0) is 77.3 Å². The molecule has 0 radical (unpaired) electrons. The van der Waals surface area contributed by atoms with Crippen molar-refractivity contribution < 1.29 is 42.5 Å². The highest BCUT2D eigenvalue weighted by Gasteiger charge is 2.65. The lowest BCUT2D eigenvalue weighted by molar-refractivity contribution is -0.207. The molecule has 3 aromatic rings. The zero-order chi connectivity index (χ0) is 36.6. The van der Waals surface area contributed by atoms with Crippen molar-refractivity contribution >= 4 is 29.3 Å². The number of carbonyl (C=O) groups excluding carboxylic acids is 3. The SMILES string of the molecule is CC(C)CC(=O)OC[C@H]1O[C@@](C#N)(c2ccc3c(NC(=O)[C@@](C)(Cc4ccc(F)cc4)NC(=O)OC(C)(C)C)ncnn23)[C@@H]2OC(C)(C)O[C@@H]21. The maximum absolute atomic E-state index is 14.0. The molecule has 0 aliphatic carbocycles. The molecule has 50 heavy (non-hydrogen) atoms. The molecule has 268 valence electrons. The first-order chi connectivity index (χ1) is 23.3. The molecule has 4 heterocycles. The van der Waals surface area contributed by atoms with E-state index in [4.69, 9.17) is 23.7 Å². The third-order valence-electron chi connectivity index (χ3n) is 8.20. The fraction of sp³-hybridized carbons (Fsp3) is 0.543. The van der Waals surface area contributed by atoms with Gasteiger partial charge in [-0.25, -0.2) is 18.7 Å². The summed E-state index contributed by atoms with van der Waals surface area (Å²) in [4.78, 5) is 43.6. The monoisotopic (exact) mass is 694 g/mol. The second-order valence-corrected chi connectivity index (χ2v) is 14.6. The number of benzene rings is 1. The average molecular weight is 695 g/mol. The van der Waals surface area contributed by atoms with Gasteiger partial charge in [0.25, 0.3) is 5.91 Å². The number of halogens is 1. The van der Waals surface area contributed by atoms with Crippen LogP contribution in [0, 0.1) is 23.1 Å². The molecule has 15 heteroatoms. The van der Waals surface area contributed by atoms with Gasteiger partial charge in [0.1, 0.15) is 59.8 Å². The first-order valence-electron chi connectivity index (χ1n) is 16.4. The van der Waals surface area contributed by atoms with E-state index in [2.05, 4.69) is 26.8 Å². The Labute approximate surface area is 289 Å². The van der Waals surface area contributed by atoms with Crippen LogP contribution in [0.5, 0.6) is 0 Å². The maximum Gasteiger partial charge on any atom is 0.408 e. The third kappa shape index (κ3) is 7.72. The van der Waals surface area contributed by atoms with E-state index in [-0.39, 0.29) is 36.9 Å². The van der Waals surface area contributed by atoms with Gasteiger partial charge in [-0.1, -0.05) is 26.0 Å². The number of anilines is 1. The third-order valence-corrected chi connectivity index (χ3v) is 8.20. The van der Waals surface area contributed by atoms with E-state index in [1.165, 1.54) is 42.0 Å². The Morgan fingerprint density at radius 3 is 2.42 bits per heavy atom. The predicted octanol–water partition coefficient (Wildman–Crippen LogP) is 4.56. The summed E-state index contributed by atoms with van der Waals surface area (Å²) in [5, 5.41) is 20.5. The first kappa shape index (κ1) is 36.6. The van der Waals surface area contributed by atoms with Crippen LogP contribution in [0.1, 0.15) is 73.1 Å². The Kier molecular flexibility index (Phi) is 9.95. The largest absolute Gasteiger partial charge is 0.463 e. The lowest BCUT2D eigenvalue weighted by Crippen LogP contribution is -2.57. The zero-order valence-corrected chi connectivity index (χ0v) is 29.4. The molecule has 2 saturated heterocycles. The van der Waals surface area contributed by atoms with Crippen molar-refractivity contribution in [3.63, 3.8) is 0 Å². The number of amides is 2. The van der Waals surface area contributed by atoms with Gasteiger partial charge in [0.2, 0.25) is 5.60 Å². The Balaban J connectivity index is 1.46. The van der Waals surface area contributed by atoms with E-state index in [0.717, 1.165) is 0 Å². The maximum atomic E-state index is 14.0. The van der Waals surface area contributed by atoms with E-state index >= 15 is 0 Å². The van der Waals surface area contributed by atoms with Crippen molar-refractivity contribution in [2.75, 3.05) is 11.9 Å². The predicted molar refractivity (Wildman–Crippen MR) is 176 cm³/mol. The molecule has 0 unspecified atom stereocenters. The van der Waals surface area contributed by atoms with Gasteiger partial charge < -0.3 is 34.3 Å². The minimum absolute atomic E-state index is 0.0172. The summed E-state index contributed by atoms with van der Waals surface area (Å²) in [6, 6.07) is 11.0. The summed E-state index contributed by atoms with van der Waals surface area (Å²) < 4.78 is 44.7. The summed E-state index contributed by atoms with van der Waals surface area (Å²) in [6.45, 7) is 13.7. The molecule has 5 atom stereocenters. The molecule has 0 saturated carbocycles. The number of hydrogen-bond donors (Lipinski definition) is 2. The van der Waals surface area contributed by atoms with Crippen LogP contribution in [0.15, 0.2) is 42.7 Å². The average Bonchev–Trinajstić information content (AvgIpc) is 3.66. The molecular formula is C35H43FN6O8. The topological polar surface area (TPSA) is 175 Å². The van der Waals surface area contributed by atoms with E-state index < -0.39 is 64.6 Å². The van der Waals surface area contributed by atoms with Crippen LogP contribution < -0.4 is 10.6 Å². The minimum atomic E-state index is -1.76. The number of ether oxygens (including phenoxy) is 5. The van der Waals surface area contributed by atoms with Gasteiger partial charge in [0.15, 0.2) is 11.6 Å². The van der Waals surface area contributed by atoms with E-state index in [1.807, 2.05) is 13.8 Å². The fourth-order valence-corrected chi connectivity index (χ4v) is 6.08. The van der Waals surface area contributed by atoms with Crippen molar-refractivity contribution in [2.45, 2.75) is 109 Å². The quantitative estimate of drug-likeness (QED) is 0.285. The number of rotatable bonds is 10. The van der Waals surface area contributed by atoms with Crippen molar-refractivity contribution in [3.05, 3.63) is 59.8 Å². The molecule has 2 aromatic heterocycles. The molecule has 1 aromatic carbocycles. The number of esters is 1. The smallest absolute Gasteiger partial charge is 0.408 e. The van der Waals surface area contributed by atoms with Crippen molar-refractivity contribution in [1.82, 2.24) is 19.9 Å². The highest BCUT2D eigenvalue weighted by Crippen LogP contribution is 2.49. The minimum Gasteiger partial charge on any atom is -0.463 e. The van der Waals surface area contributed by atoms with Gasteiger partial charge in [0, 0.05) is 12.8 Å². The summed E-state index contributed by atoms with van der Waals surface area (Å²) in [6.07, 6.45) is -1.95. The van der Waals surface area contributed by atoms with Crippen LogP contribution >= 0.6 is 0 Å². The number of carbonyl (C=O) groups is 3. The van der Waals surface area contributed by atoms with Crippen molar-refractivity contribution in [3.8, 4) is 6.07 Å². The summed E-state index contributed by atoms with van der Waals surface area (Å²) in [5.74, 6) is -2.41. The molecule has 5 rings (SSSR count). The number of nitriles is 1. The van der Waals surface area contributed by atoms with Crippen LogP contribution in [0.2, 0.25) is 0 Å². The van der Waals surface area contributed by atoms with E-state index in [9.17, 15) is 24.0 Å². The van der Waals surface area contributed by atoms with Crippen molar-refractivity contribution in [2.24, 2.45) is 5.92 Å².